The number of amides is 3. The molecule has 2 atom stereocenters. The van der Waals surface area contributed by atoms with Crippen molar-refractivity contribution in [2.45, 2.75) is 19.8 Å². The van der Waals surface area contributed by atoms with Crippen LogP contribution in [0.2, 0.25) is 0 Å². The summed E-state index contributed by atoms with van der Waals surface area (Å²) in [6, 6.07) is 0. The van der Waals surface area contributed by atoms with E-state index in [9.17, 15) is 19.2 Å². The van der Waals surface area contributed by atoms with Crippen LogP contribution < -0.4 is 11.1 Å². The highest BCUT2D eigenvalue weighted by Gasteiger charge is 2.54. The minimum absolute atomic E-state index is 0.0926. The summed E-state index contributed by atoms with van der Waals surface area (Å²) < 4.78 is 0. The lowest BCUT2D eigenvalue weighted by atomic mass is 9.65. The average molecular weight is 262 g/mol. The number of nitrogens with two attached hydrogens (primary N) is 1. The van der Waals surface area contributed by atoms with E-state index in [1.807, 2.05) is 0 Å². The van der Waals surface area contributed by atoms with Crippen LogP contribution in [0.3, 0.4) is 0 Å². The fraction of sp³-hybridized carbons (Fsp3) is 0.385. The Morgan fingerprint density at radius 1 is 1.42 bits per heavy atom. The summed E-state index contributed by atoms with van der Waals surface area (Å²) in [6.45, 7) is 1.56. The highest BCUT2D eigenvalue weighted by Crippen LogP contribution is 2.39. The van der Waals surface area contributed by atoms with Crippen molar-refractivity contribution in [2.24, 2.45) is 17.1 Å². The highest BCUT2D eigenvalue weighted by atomic mass is 16.2. The first kappa shape index (κ1) is 13.2. The lowest BCUT2D eigenvalue weighted by molar-refractivity contribution is -0.149. The predicted octanol–water partition coefficient (Wildman–Crippen LogP) is -0.404. The van der Waals surface area contributed by atoms with Crippen molar-refractivity contribution in [3.05, 3.63) is 23.8 Å². The second-order valence-corrected chi connectivity index (χ2v) is 4.77. The summed E-state index contributed by atoms with van der Waals surface area (Å²) in [6.07, 6.45) is 4.71. The fourth-order valence-electron chi connectivity index (χ4n) is 2.59. The zero-order valence-corrected chi connectivity index (χ0v) is 10.4. The molecule has 1 saturated heterocycles. The topological polar surface area (TPSA) is 106 Å². The van der Waals surface area contributed by atoms with Crippen LogP contribution in [0.25, 0.3) is 0 Å². The number of carbonyl (C=O) groups is 4. The first-order valence-electron chi connectivity index (χ1n) is 5.94. The summed E-state index contributed by atoms with van der Waals surface area (Å²) in [5.41, 5.74) is 4.07. The van der Waals surface area contributed by atoms with E-state index >= 15 is 0 Å². The number of Topliss-reactive ketones (excluding diaryl/α,β-unsaturated/α-hetero) is 1. The summed E-state index contributed by atoms with van der Waals surface area (Å²) in [7, 11) is 0. The number of primary amides is 1. The second kappa shape index (κ2) is 4.46. The van der Waals surface area contributed by atoms with Crippen molar-refractivity contribution in [3.63, 3.8) is 0 Å². The molecule has 0 bridgehead atoms. The number of nitrogens with one attached hydrogen (secondary N) is 1. The van der Waals surface area contributed by atoms with E-state index in [1.165, 1.54) is 6.08 Å². The minimum atomic E-state index is -1.68. The van der Waals surface area contributed by atoms with Gasteiger partial charge in [0.2, 0.25) is 17.7 Å². The average Bonchev–Trinajstić information content (AvgIpc) is 2.33. The van der Waals surface area contributed by atoms with Crippen LogP contribution in [0.5, 0.6) is 0 Å². The van der Waals surface area contributed by atoms with Gasteiger partial charge in [-0.15, -0.1) is 0 Å². The molecule has 19 heavy (non-hydrogen) atoms. The molecule has 6 heteroatoms. The molecule has 1 aliphatic carbocycles. The molecule has 2 rings (SSSR count). The van der Waals surface area contributed by atoms with E-state index in [0.717, 1.165) is 0 Å². The van der Waals surface area contributed by atoms with Gasteiger partial charge in [0.1, 0.15) is 5.41 Å². The van der Waals surface area contributed by atoms with E-state index in [4.69, 9.17) is 5.73 Å². The Kier molecular flexibility index (Phi) is 3.09. The van der Waals surface area contributed by atoms with Gasteiger partial charge in [0.25, 0.3) is 0 Å². The van der Waals surface area contributed by atoms with Crippen molar-refractivity contribution in [2.75, 3.05) is 0 Å². The Hall–Kier alpha value is -2.24. The zero-order chi connectivity index (χ0) is 14.2. The highest BCUT2D eigenvalue weighted by molar-refractivity contribution is 6.19. The normalized spacial score (nSPS) is 30.9. The maximum Gasteiger partial charge on any atom is 0.236 e. The molecule has 0 spiro atoms. The van der Waals surface area contributed by atoms with Crippen molar-refractivity contribution < 1.29 is 19.2 Å². The lowest BCUT2D eigenvalue weighted by Crippen LogP contribution is -2.56. The molecule has 0 radical (unpaired) electrons. The van der Waals surface area contributed by atoms with Gasteiger partial charge < -0.3 is 5.73 Å². The van der Waals surface area contributed by atoms with Crippen molar-refractivity contribution >= 4 is 23.5 Å². The third-order valence-corrected chi connectivity index (χ3v) is 3.64. The molecule has 0 aromatic carbocycles. The van der Waals surface area contributed by atoms with Crippen LogP contribution in [-0.4, -0.2) is 23.5 Å². The molecule has 1 heterocycles. The molecule has 0 aromatic rings. The van der Waals surface area contributed by atoms with Gasteiger partial charge in [-0.25, -0.2) is 0 Å². The Morgan fingerprint density at radius 2 is 2.11 bits per heavy atom. The maximum absolute atomic E-state index is 12.3. The van der Waals surface area contributed by atoms with Gasteiger partial charge >= 0.3 is 0 Å². The summed E-state index contributed by atoms with van der Waals surface area (Å²) >= 11 is 0. The van der Waals surface area contributed by atoms with Crippen LogP contribution in [0.1, 0.15) is 19.8 Å². The Labute approximate surface area is 109 Å². The molecule has 6 nitrogen and oxygen atoms in total. The fourth-order valence-corrected chi connectivity index (χ4v) is 2.59. The number of imide groups is 1. The molecular formula is C13H14N2O4. The SMILES string of the molecule is CC1=CC=CC(C(N)=O)(C2CCC(=O)NC2=O)C1=O. The van der Waals surface area contributed by atoms with E-state index in [0.29, 0.717) is 5.57 Å². The van der Waals surface area contributed by atoms with E-state index in [2.05, 4.69) is 5.32 Å². The molecule has 0 saturated carbocycles. The number of ketones is 1. The zero-order valence-electron chi connectivity index (χ0n) is 10.4. The maximum atomic E-state index is 12.3. The molecule has 3 N–H and O–H groups in total. The third kappa shape index (κ3) is 1.89. The number of piperidine rings is 1. The Bertz CT molecular complexity index is 547. The molecule has 1 fully saturated rings. The Morgan fingerprint density at radius 3 is 2.68 bits per heavy atom. The van der Waals surface area contributed by atoms with Crippen LogP contribution in [0, 0.1) is 11.3 Å². The number of hydrogen-bond donors (Lipinski definition) is 2. The van der Waals surface area contributed by atoms with Crippen molar-refractivity contribution in [1.29, 1.82) is 0 Å². The second-order valence-electron chi connectivity index (χ2n) is 4.77. The lowest BCUT2D eigenvalue weighted by Gasteiger charge is -2.36. The smallest absolute Gasteiger partial charge is 0.236 e. The van der Waals surface area contributed by atoms with E-state index in [-0.39, 0.29) is 12.8 Å². The summed E-state index contributed by atoms with van der Waals surface area (Å²) in [5.74, 6) is -3.30. The largest absolute Gasteiger partial charge is 0.368 e. The molecule has 100 valence electrons. The standard InChI is InChI=1S/C13H14N2O4/c1-7-3-2-6-13(10(7)17,12(14)19)8-4-5-9(16)15-11(8)18/h2-3,6,8H,4-5H2,1H3,(H2,14,19)(H,15,16,18). The van der Waals surface area contributed by atoms with Gasteiger partial charge in [-0.2, -0.15) is 0 Å². The first-order chi connectivity index (χ1) is 8.89. The van der Waals surface area contributed by atoms with Crippen LogP contribution in [-0.2, 0) is 19.2 Å². The quantitative estimate of drug-likeness (QED) is 0.521. The summed E-state index contributed by atoms with van der Waals surface area (Å²) in [4.78, 5) is 47.2. The van der Waals surface area contributed by atoms with Crippen LogP contribution >= 0.6 is 0 Å². The molecule has 3 amide bonds. The van der Waals surface area contributed by atoms with E-state index in [1.54, 1.807) is 19.1 Å². The molecule has 2 aliphatic rings. The minimum Gasteiger partial charge on any atom is -0.368 e. The van der Waals surface area contributed by atoms with Crippen LogP contribution in [0.4, 0.5) is 0 Å². The van der Waals surface area contributed by atoms with Crippen molar-refractivity contribution in [1.82, 2.24) is 5.32 Å². The molecule has 0 aromatic heterocycles. The van der Waals surface area contributed by atoms with Crippen LogP contribution in [0.15, 0.2) is 23.8 Å². The van der Waals surface area contributed by atoms with Crippen molar-refractivity contribution in [3.8, 4) is 0 Å². The number of hydrogen-bond acceptors (Lipinski definition) is 4. The monoisotopic (exact) mass is 262 g/mol. The third-order valence-electron chi connectivity index (χ3n) is 3.64. The van der Waals surface area contributed by atoms with E-state index < -0.39 is 34.8 Å². The molecule has 2 unspecified atom stereocenters. The van der Waals surface area contributed by atoms with Gasteiger partial charge in [0.05, 0.1) is 5.92 Å². The van der Waals surface area contributed by atoms with Gasteiger partial charge in [-0.05, 0) is 18.9 Å². The molecular weight excluding hydrogens is 248 g/mol. The van der Waals surface area contributed by atoms with Gasteiger partial charge in [0.15, 0.2) is 5.78 Å². The first-order valence-corrected chi connectivity index (χ1v) is 5.94. The predicted molar refractivity (Wildman–Crippen MR) is 65.4 cm³/mol. The number of rotatable bonds is 2. The number of allylic oxidation sites excluding steroid dienone is 3. The number of carbonyl (C=O) groups excluding carboxylic acids is 4. The summed E-state index contributed by atoms with van der Waals surface area (Å²) in [5, 5.41) is 2.15. The van der Waals surface area contributed by atoms with Gasteiger partial charge in [-0.3, -0.25) is 24.5 Å². The van der Waals surface area contributed by atoms with Gasteiger partial charge in [0, 0.05) is 6.42 Å². The Balaban J connectivity index is 2.47. The van der Waals surface area contributed by atoms with Gasteiger partial charge in [-0.1, -0.05) is 18.2 Å². The molecule has 1 aliphatic heterocycles.